The molecule has 7 aromatic carbocycles. The van der Waals surface area contributed by atoms with Crippen molar-refractivity contribution in [3.63, 3.8) is 0 Å². The zero-order valence-electron chi connectivity index (χ0n) is 73.8. The maximum Gasteiger partial charge on any atom is 0.335 e. The number of aliphatic carboxylic acids is 1. The van der Waals surface area contributed by atoms with Gasteiger partial charge in [-0.15, -0.1) is 0 Å². The third-order valence-electron chi connectivity index (χ3n) is 24.1. The number of aryl methyl sites for hydroxylation is 11. The number of anilines is 3. The Morgan fingerprint density at radius 1 is 0.390 bits per heavy atom. The van der Waals surface area contributed by atoms with Crippen molar-refractivity contribution in [2.24, 2.45) is 26.6 Å². The van der Waals surface area contributed by atoms with Crippen LogP contribution in [0.2, 0.25) is 0 Å². The zero-order chi connectivity index (χ0) is 88.0. The lowest BCUT2D eigenvalue weighted by molar-refractivity contribution is -0.141. The van der Waals surface area contributed by atoms with Gasteiger partial charge in [0.15, 0.2) is 0 Å². The van der Waals surface area contributed by atoms with Crippen LogP contribution in [0.1, 0.15) is 241 Å². The maximum atomic E-state index is 13.8. The van der Waals surface area contributed by atoms with Gasteiger partial charge in [-0.25, -0.2) is 4.79 Å². The number of amides is 4. The van der Waals surface area contributed by atoms with E-state index in [9.17, 15) is 38.4 Å². The van der Waals surface area contributed by atoms with Crippen molar-refractivity contribution in [2.45, 2.75) is 197 Å². The van der Waals surface area contributed by atoms with Gasteiger partial charge < -0.3 is 39.3 Å². The number of methoxy groups -OCH3 is 2. The molecule has 4 aliphatic heterocycles. The molecule has 4 amide bonds. The average Bonchev–Trinajstić information content (AvgIpc) is 1.66. The predicted molar refractivity (Wildman–Crippen MR) is 480 cm³/mol. The second kappa shape index (κ2) is 43.1. The molecule has 1 saturated heterocycles. The van der Waals surface area contributed by atoms with E-state index in [2.05, 4.69) is 81.8 Å². The first-order chi connectivity index (χ1) is 59.0. The summed E-state index contributed by atoms with van der Waals surface area (Å²) in [5.74, 6) is -1.75. The fourth-order valence-corrected chi connectivity index (χ4v) is 16.6. The van der Waals surface area contributed by atoms with Crippen LogP contribution < -0.4 is 14.7 Å². The van der Waals surface area contributed by atoms with Crippen LogP contribution in [0.3, 0.4) is 0 Å². The molecule has 0 unspecified atom stereocenters. The smallest absolute Gasteiger partial charge is 0.335 e. The molecule has 2 N–H and O–H groups in total. The molecule has 0 spiro atoms. The molecule has 7 heterocycles. The lowest BCUT2D eigenvalue weighted by Crippen LogP contribution is -2.49. The van der Waals surface area contributed by atoms with Gasteiger partial charge in [-0.2, -0.15) is 15.3 Å². The molecule has 0 aliphatic carbocycles. The predicted octanol–water partition coefficient (Wildman–Crippen LogP) is 17.0. The van der Waals surface area contributed by atoms with Gasteiger partial charge in [-0.05, 0) is 251 Å². The number of hydrogen-bond acceptors (Lipinski definition) is 14. The minimum absolute atomic E-state index is 0.00510. The van der Waals surface area contributed by atoms with Crippen LogP contribution in [0, 0.1) is 33.1 Å². The van der Waals surface area contributed by atoms with Crippen LogP contribution in [-0.4, -0.2) is 144 Å². The second-order valence-electron chi connectivity index (χ2n) is 34.1. The molecule has 1 fully saturated rings. The van der Waals surface area contributed by atoms with Crippen LogP contribution >= 0.6 is 0 Å². The van der Waals surface area contributed by atoms with E-state index >= 15 is 0 Å². The van der Waals surface area contributed by atoms with E-state index in [0.29, 0.717) is 73.0 Å². The van der Waals surface area contributed by atoms with Crippen molar-refractivity contribution < 1.29 is 58.0 Å². The highest BCUT2D eigenvalue weighted by Crippen LogP contribution is 2.36. The minimum atomic E-state index is -0.907. The van der Waals surface area contributed by atoms with Crippen LogP contribution in [0.15, 0.2) is 164 Å². The van der Waals surface area contributed by atoms with E-state index in [4.69, 9.17) is 14.9 Å². The number of nitrogens with zero attached hydrogens (tertiary/aromatic N) is 11. The average molecular weight is 1670 g/mol. The van der Waals surface area contributed by atoms with E-state index < -0.39 is 11.9 Å². The quantitative estimate of drug-likeness (QED) is 0.0377. The molecule has 10 aromatic rings. The van der Waals surface area contributed by atoms with E-state index in [-0.39, 0.29) is 42.0 Å². The summed E-state index contributed by atoms with van der Waals surface area (Å²) >= 11 is 0. The van der Waals surface area contributed by atoms with Crippen molar-refractivity contribution in [1.82, 2.24) is 39.1 Å². The standard InChI is InChI=1S/C35H47N5O2.C26H29N3O3.C25H27N3O3.C14H18O4/c1-26-22-29(34(42)40-25-30-24-36-37(5)32(30)23-28-11-6-8-12-31(28)40)15-14-27(26)10-7-9-13-33(41)39-20-18-38(19-21-39)17-16-35(2,3)4;1-18-14-21(13-12-19(18)8-5-7-11-25(30)32-3)26(31)29-17-22-16-27-28(2)24(22)15-20-9-4-6-10-23(20)29;1-17-13-20(12-11-18(17)7-4-6-10-24(29)30)25(31)28-16-21-15-26-27(2)23(21)14-19-8-3-5-9-22(19)28;1-10-9-12(14(16)17)8-7-11(10)5-3-4-6-13(15)18-2/h6,8,11-12,14-15,22,24H,7,9-10,13,16-21,23,25H2,1-5H3;4,6,9-10,12-14,16H,5,7-8,11,15,17H2,1-3H3;3,5,8-9,11-13,15H,4,6-7,10,14,16H2,1-2H3,(H,29,30);7-9H,3-6H2,1-2H3,(H,16,17). The minimum Gasteiger partial charge on any atom is -0.481 e. The number of benzene rings is 7. The molecule has 14 rings (SSSR count). The molecule has 0 atom stereocenters. The number of aromatic nitrogens is 6. The fraction of sp³-hybridized carbons (Fsp3) is 0.410. The van der Waals surface area contributed by atoms with Gasteiger partial charge >= 0.3 is 23.9 Å². The van der Waals surface area contributed by atoms with E-state index in [1.54, 1.807) is 12.1 Å². The summed E-state index contributed by atoms with van der Waals surface area (Å²) in [4.78, 5) is 108. The van der Waals surface area contributed by atoms with Crippen molar-refractivity contribution in [1.29, 1.82) is 0 Å². The Labute approximate surface area is 724 Å². The summed E-state index contributed by atoms with van der Waals surface area (Å²) in [5.41, 5.74) is 24.6. The van der Waals surface area contributed by atoms with Crippen LogP contribution in [0.4, 0.5) is 17.1 Å². The van der Waals surface area contributed by atoms with Gasteiger partial charge in [0.25, 0.3) is 17.7 Å². The van der Waals surface area contributed by atoms with E-state index in [1.807, 2.05) is 198 Å². The summed E-state index contributed by atoms with van der Waals surface area (Å²) in [6.45, 7) is 21.2. The Kier molecular flexibility index (Phi) is 32.1. The van der Waals surface area contributed by atoms with Crippen molar-refractivity contribution >= 4 is 64.6 Å². The Bertz CT molecular complexity index is 5410. The number of aromatic carboxylic acids is 1. The molecule has 4 aliphatic rings. The number of piperazine rings is 1. The molecule has 23 heteroatoms. The van der Waals surface area contributed by atoms with Gasteiger partial charge in [-0.1, -0.05) is 99.6 Å². The first-order valence-corrected chi connectivity index (χ1v) is 43.2. The molecule has 0 saturated carbocycles. The van der Waals surface area contributed by atoms with E-state index in [0.717, 1.165) is 224 Å². The number of para-hydroxylation sites is 3. The van der Waals surface area contributed by atoms with Crippen molar-refractivity contribution in [3.05, 3.63) is 281 Å². The first kappa shape index (κ1) is 91.6. The number of ether oxygens (including phenoxy) is 2. The van der Waals surface area contributed by atoms with Crippen LogP contribution in [-0.2, 0) is 114 Å². The highest BCUT2D eigenvalue weighted by molar-refractivity contribution is 6.08. The van der Waals surface area contributed by atoms with Crippen molar-refractivity contribution in [3.8, 4) is 0 Å². The molecule has 3 aromatic heterocycles. The maximum absolute atomic E-state index is 13.8. The number of fused-ring (bicyclic) bond motifs is 6. The highest BCUT2D eigenvalue weighted by atomic mass is 16.5. The Balaban J connectivity index is 0.000000166. The third-order valence-corrected chi connectivity index (χ3v) is 24.1. The Morgan fingerprint density at radius 3 is 1.02 bits per heavy atom. The summed E-state index contributed by atoms with van der Waals surface area (Å²) in [5, 5.41) is 30.9. The lowest BCUT2D eigenvalue weighted by Gasteiger charge is -2.36. The number of carbonyl (C=O) groups is 8. The summed E-state index contributed by atoms with van der Waals surface area (Å²) in [6.07, 6.45) is 20.9. The molecule has 648 valence electrons. The van der Waals surface area contributed by atoms with Gasteiger partial charge in [0.1, 0.15) is 0 Å². The van der Waals surface area contributed by atoms with E-state index in [1.165, 1.54) is 31.8 Å². The molecule has 0 radical (unpaired) electrons. The number of carbonyl (C=O) groups excluding carboxylic acids is 6. The summed E-state index contributed by atoms with van der Waals surface area (Å²) in [6, 6.07) is 47.4. The normalized spacial score (nSPS) is 13.4. The number of carboxylic acid groups (broad SMARTS) is 2. The number of rotatable bonds is 26. The number of esters is 2. The molecule has 123 heavy (non-hydrogen) atoms. The third kappa shape index (κ3) is 24.6. The highest BCUT2D eigenvalue weighted by Gasteiger charge is 2.32. The summed E-state index contributed by atoms with van der Waals surface area (Å²) in [7, 11) is 8.66. The summed E-state index contributed by atoms with van der Waals surface area (Å²) < 4.78 is 15.0. The van der Waals surface area contributed by atoms with Gasteiger partial charge in [0.2, 0.25) is 5.91 Å². The fourth-order valence-electron chi connectivity index (χ4n) is 16.6. The van der Waals surface area contributed by atoms with Crippen LogP contribution in [0.25, 0.3) is 0 Å². The topological polar surface area (TPSA) is 265 Å². The van der Waals surface area contributed by atoms with Gasteiger partial charge in [0, 0.05) is 160 Å². The molecular weight excluding hydrogens is 1550 g/mol. The molecular formula is C100H121N11O12. The number of carboxylic acids is 2. The largest absolute Gasteiger partial charge is 0.481 e. The lowest BCUT2D eigenvalue weighted by atomic mass is 9.92. The van der Waals surface area contributed by atoms with Gasteiger partial charge in [-0.3, -0.25) is 52.5 Å². The van der Waals surface area contributed by atoms with Crippen molar-refractivity contribution in [2.75, 3.05) is 61.6 Å². The Hall–Kier alpha value is -12.1. The number of hydrogen-bond donors (Lipinski definition) is 2. The van der Waals surface area contributed by atoms with Gasteiger partial charge in [0.05, 0.1) is 58.0 Å². The SMILES string of the molecule is COC(=O)CCCCc1ccc(C(=O)N2Cc3cnn(C)c3Cc3ccccc32)cc1C.COC(=O)CCCCc1ccc(C(=O)O)cc1C.Cc1cc(C(=O)N2Cc3cnn(C)c3Cc3ccccc32)ccc1CCCCC(=O)N1CCN(CCC(C)(C)C)CC1.Cc1cc(C(=O)N2Cc3cnn(C)c3Cc3ccccc32)ccc1CCCCC(=O)O. The molecule has 23 nitrogen and oxygen atoms in total. The number of unbranched alkanes of at least 4 members (excludes halogenated alkanes) is 4. The first-order valence-electron chi connectivity index (χ1n) is 43.2. The Morgan fingerprint density at radius 2 is 0.707 bits per heavy atom. The zero-order valence-corrected chi connectivity index (χ0v) is 73.8. The molecule has 0 bridgehead atoms. The monoisotopic (exact) mass is 1670 g/mol. The van der Waals surface area contributed by atoms with Crippen LogP contribution in [0.5, 0.6) is 0 Å². The second-order valence-corrected chi connectivity index (χ2v) is 34.1.